The molecule has 0 amide bonds. The minimum Gasteiger partial charge on any atom is -0.306 e. The molecule has 0 radical (unpaired) electrons. The highest BCUT2D eigenvalue weighted by molar-refractivity contribution is 5.55. The summed E-state index contributed by atoms with van der Waals surface area (Å²) in [7, 11) is 0. The van der Waals surface area contributed by atoms with Gasteiger partial charge in [0.1, 0.15) is 11.6 Å². The van der Waals surface area contributed by atoms with Crippen LogP contribution in [0.5, 0.6) is 0 Å². The van der Waals surface area contributed by atoms with E-state index in [0.717, 1.165) is 36.9 Å². The largest absolute Gasteiger partial charge is 0.306 e. The van der Waals surface area contributed by atoms with Crippen LogP contribution in [0.3, 0.4) is 0 Å². The Bertz CT molecular complexity index is 648. The normalized spacial score (nSPS) is 14.3. The fraction of sp³-hybridized carbons (Fsp3) is 0.286. The Kier molecular flexibility index (Phi) is 2.70. The van der Waals surface area contributed by atoms with Gasteiger partial charge in [0.05, 0.1) is 11.3 Å². The minimum absolute atomic E-state index is 0.127. The first kappa shape index (κ1) is 11.1. The second kappa shape index (κ2) is 4.37. The van der Waals surface area contributed by atoms with Crippen LogP contribution < -0.4 is 5.56 Å². The number of fused-ring (bicyclic) bond motifs is 1. The van der Waals surface area contributed by atoms with Crippen molar-refractivity contribution >= 4 is 0 Å². The number of hydrogen-bond acceptors (Lipinski definition) is 2. The van der Waals surface area contributed by atoms with Gasteiger partial charge in [-0.25, -0.2) is 9.37 Å². The van der Waals surface area contributed by atoms with Crippen molar-refractivity contribution in [2.75, 3.05) is 0 Å². The van der Waals surface area contributed by atoms with Crippen molar-refractivity contribution in [1.82, 2.24) is 9.97 Å². The summed E-state index contributed by atoms with van der Waals surface area (Å²) in [4.78, 5) is 19.0. The van der Waals surface area contributed by atoms with E-state index >= 15 is 0 Å². The molecule has 1 aliphatic rings. The molecule has 0 saturated carbocycles. The highest BCUT2D eigenvalue weighted by Crippen LogP contribution is 2.21. The van der Waals surface area contributed by atoms with Gasteiger partial charge >= 0.3 is 0 Å². The van der Waals surface area contributed by atoms with Gasteiger partial charge < -0.3 is 4.98 Å². The van der Waals surface area contributed by atoms with E-state index in [4.69, 9.17) is 0 Å². The zero-order valence-corrected chi connectivity index (χ0v) is 9.87. The molecule has 0 spiro atoms. The molecule has 0 aliphatic heterocycles. The molecule has 1 aromatic heterocycles. The monoisotopic (exact) mass is 244 g/mol. The molecule has 3 nitrogen and oxygen atoms in total. The van der Waals surface area contributed by atoms with E-state index in [-0.39, 0.29) is 11.4 Å². The van der Waals surface area contributed by atoms with Crippen LogP contribution in [0.15, 0.2) is 29.1 Å². The molecule has 1 heterocycles. The minimum atomic E-state index is -0.364. The predicted octanol–water partition coefficient (Wildman–Crippen LogP) is 2.45. The molecule has 1 aromatic carbocycles. The van der Waals surface area contributed by atoms with Gasteiger partial charge in [0.25, 0.3) is 5.56 Å². The molecule has 18 heavy (non-hydrogen) atoms. The molecule has 0 bridgehead atoms. The molecule has 0 unspecified atom stereocenters. The number of hydrogen-bond donors (Lipinski definition) is 1. The number of rotatable bonds is 1. The standard InChI is InChI=1S/C14H13FN2O/c15-11-7-3-1-5-9(11)13-16-12-8-4-2-6-10(12)14(18)17-13/h1,3,5,7H,2,4,6,8H2,(H,16,17,18). The van der Waals surface area contributed by atoms with Crippen LogP contribution in [0.4, 0.5) is 4.39 Å². The van der Waals surface area contributed by atoms with Crippen molar-refractivity contribution in [2.45, 2.75) is 25.7 Å². The van der Waals surface area contributed by atoms with E-state index in [0.29, 0.717) is 11.4 Å². The van der Waals surface area contributed by atoms with E-state index in [1.807, 2.05) is 0 Å². The van der Waals surface area contributed by atoms with Gasteiger partial charge in [-0.15, -0.1) is 0 Å². The summed E-state index contributed by atoms with van der Waals surface area (Å²) in [6.45, 7) is 0. The fourth-order valence-electron chi connectivity index (χ4n) is 2.38. The average Bonchev–Trinajstić information content (AvgIpc) is 2.39. The van der Waals surface area contributed by atoms with Crippen molar-refractivity contribution in [3.63, 3.8) is 0 Å². The van der Waals surface area contributed by atoms with Crippen LogP contribution in [-0.4, -0.2) is 9.97 Å². The molecule has 1 N–H and O–H groups in total. The summed E-state index contributed by atoms with van der Waals surface area (Å²) < 4.78 is 13.7. The third kappa shape index (κ3) is 1.83. The second-order valence-corrected chi connectivity index (χ2v) is 4.53. The van der Waals surface area contributed by atoms with E-state index in [9.17, 15) is 9.18 Å². The number of nitrogens with zero attached hydrogens (tertiary/aromatic N) is 1. The summed E-state index contributed by atoms with van der Waals surface area (Å²) in [5.74, 6) is -0.0323. The van der Waals surface area contributed by atoms with E-state index in [1.54, 1.807) is 18.2 Å². The Hall–Kier alpha value is -1.97. The first-order chi connectivity index (χ1) is 8.75. The van der Waals surface area contributed by atoms with Crippen LogP contribution in [0.2, 0.25) is 0 Å². The van der Waals surface area contributed by atoms with Gasteiger partial charge in [-0.05, 0) is 37.8 Å². The molecule has 2 aromatic rings. The fourth-order valence-corrected chi connectivity index (χ4v) is 2.38. The van der Waals surface area contributed by atoms with Crippen molar-refractivity contribution in [1.29, 1.82) is 0 Å². The van der Waals surface area contributed by atoms with E-state index < -0.39 is 0 Å². The zero-order valence-electron chi connectivity index (χ0n) is 9.87. The molecular formula is C14H13FN2O. The lowest BCUT2D eigenvalue weighted by Crippen LogP contribution is -2.21. The maximum atomic E-state index is 13.7. The third-order valence-corrected chi connectivity index (χ3v) is 3.32. The number of halogens is 1. The number of nitrogens with one attached hydrogen (secondary N) is 1. The maximum Gasteiger partial charge on any atom is 0.254 e. The van der Waals surface area contributed by atoms with Crippen molar-refractivity contribution in [3.05, 3.63) is 51.7 Å². The summed E-state index contributed by atoms with van der Waals surface area (Å²) in [6.07, 6.45) is 3.65. The average molecular weight is 244 g/mol. The number of benzene rings is 1. The summed E-state index contributed by atoms with van der Waals surface area (Å²) in [6, 6.07) is 6.35. The molecule has 4 heteroatoms. The molecular weight excluding hydrogens is 231 g/mol. The number of aromatic nitrogens is 2. The topological polar surface area (TPSA) is 45.8 Å². The summed E-state index contributed by atoms with van der Waals surface area (Å²) in [5.41, 5.74) is 1.81. The number of H-pyrrole nitrogens is 1. The van der Waals surface area contributed by atoms with Gasteiger partial charge in [0, 0.05) is 5.56 Å². The second-order valence-electron chi connectivity index (χ2n) is 4.53. The van der Waals surface area contributed by atoms with Crippen LogP contribution in [0.1, 0.15) is 24.1 Å². The summed E-state index contributed by atoms with van der Waals surface area (Å²) in [5, 5.41) is 0. The Morgan fingerprint density at radius 2 is 1.94 bits per heavy atom. The van der Waals surface area contributed by atoms with Crippen LogP contribution in [-0.2, 0) is 12.8 Å². The van der Waals surface area contributed by atoms with Crippen molar-refractivity contribution in [2.24, 2.45) is 0 Å². The Labute approximate surface area is 104 Å². The lowest BCUT2D eigenvalue weighted by molar-refractivity contribution is 0.627. The molecule has 0 fully saturated rings. The predicted molar refractivity (Wildman–Crippen MR) is 66.9 cm³/mol. The highest BCUT2D eigenvalue weighted by atomic mass is 19.1. The lowest BCUT2D eigenvalue weighted by atomic mass is 9.97. The van der Waals surface area contributed by atoms with Crippen molar-refractivity contribution in [3.8, 4) is 11.4 Å². The highest BCUT2D eigenvalue weighted by Gasteiger charge is 2.17. The van der Waals surface area contributed by atoms with Gasteiger partial charge in [0.15, 0.2) is 0 Å². The van der Waals surface area contributed by atoms with Crippen molar-refractivity contribution < 1.29 is 4.39 Å². The smallest absolute Gasteiger partial charge is 0.254 e. The summed E-state index contributed by atoms with van der Waals surface area (Å²) >= 11 is 0. The van der Waals surface area contributed by atoms with Crippen LogP contribution in [0.25, 0.3) is 11.4 Å². The Morgan fingerprint density at radius 3 is 2.78 bits per heavy atom. The Morgan fingerprint density at radius 1 is 1.17 bits per heavy atom. The van der Waals surface area contributed by atoms with Crippen LogP contribution in [0, 0.1) is 5.82 Å². The lowest BCUT2D eigenvalue weighted by Gasteiger charge is -2.14. The molecule has 3 rings (SSSR count). The molecule has 0 atom stereocenters. The first-order valence-electron chi connectivity index (χ1n) is 6.12. The van der Waals surface area contributed by atoms with Gasteiger partial charge in [-0.2, -0.15) is 0 Å². The molecule has 0 saturated heterocycles. The first-order valence-corrected chi connectivity index (χ1v) is 6.12. The molecule has 1 aliphatic carbocycles. The Balaban J connectivity index is 2.17. The SMILES string of the molecule is O=c1[nH]c(-c2ccccc2F)nc2c1CCCC2. The quantitative estimate of drug-likeness (QED) is 0.837. The van der Waals surface area contributed by atoms with E-state index in [2.05, 4.69) is 9.97 Å². The molecule has 92 valence electrons. The van der Waals surface area contributed by atoms with Crippen LogP contribution >= 0.6 is 0 Å². The van der Waals surface area contributed by atoms with Gasteiger partial charge in [-0.1, -0.05) is 12.1 Å². The van der Waals surface area contributed by atoms with Gasteiger partial charge in [0.2, 0.25) is 0 Å². The third-order valence-electron chi connectivity index (χ3n) is 3.32. The zero-order chi connectivity index (χ0) is 12.5. The number of aryl methyl sites for hydroxylation is 1. The number of aromatic amines is 1. The van der Waals surface area contributed by atoms with E-state index in [1.165, 1.54) is 6.07 Å². The van der Waals surface area contributed by atoms with Gasteiger partial charge in [-0.3, -0.25) is 4.79 Å². The maximum absolute atomic E-state index is 13.7.